The smallest absolute Gasteiger partial charge is 0.315 e. The van der Waals surface area contributed by atoms with Crippen molar-refractivity contribution in [1.82, 2.24) is 45.9 Å². The third-order valence-corrected chi connectivity index (χ3v) is 11.8. The summed E-state index contributed by atoms with van der Waals surface area (Å²) >= 11 is 1.43. The first-order chi connectivity index (χ1) is 25.7. The summed E-state index contributed by atoms with van der Waals surface area (Å²) in [4.78, 5) is 79.5. The average molecular weight is 762 g/mol. The second-order valence-electron chi connectivity index (χ2n) is 16.6. The van der Waals surface area contributed by atoms with E-state index in [0.29, 0.717) is 36.1 Å². The molecule has 0 bridgehead atoms. The number of nitrogens with one attached hydrogen (secondary N) is 4. The minimum Gasteiger partial charge on any atom is -0.471 e. The van der Waals surface area contributed by atoms with E-state index >= 15 is 0 Å². The summed E-state index contributed by atoms with van der Waals surface area (Å²) in [5.74, 6) is -0.937. The van der Waals surface area contributed by atoms with E-state index in [-0.39, 0.29) is 24.9 Å². The molecule has 7 rings (SSSR count). The maximum atomic E-state index is 14.6. The van der Waals surface area contributed by atoms with Crippen LogP contribution < -0.4 is 26.0 Å². The van der Waals surface area contributed by atoms with Crippen LogP contribution in [-0.2, 0) is 26.2 Å². The molecule has 3 aliphatic carbocycles. The Morgan fingerprint density at radius 2 is 1.78 bits per heavy atom. The van der Waals surface area contributed by atoms with Crippen LogP contribution in [0.2, 0.25) is 0 Å². The van der Waals surface area contributed by atoms with Gasteiger partial charge in [0.05, 0.1) is 24.3 Å². The zero-order valence-corrected chi connectivity index (χ0v) is 32.5. The lowest BCUT2D eigenvalue weighted by atomic mass is 9.80. The van der Waals surface area contributed by atoms with Crippen molar-refractivity contribution in [3.05, 3.63) is 23.2 Å². The average Bonchev–Trinajstić information content (AvgIpc) is 3.98. The summed E-state index contributed by atoms with van der Waals surface area (Å²) in [6.07, 6.45) is 8.18. The topological polar surface area (TPSA) is 190 Å². The van der Waals surface area contributed by atoms with Crippen LogP contribution in [0.3, 0.4) is 0 Å². The van der Waals surface area contributed by atoms with Crippen molar-refractivity contribution in [3.8, 4) is 17.4 Å². The number of hydrogen-bond donors (Lipinski definition) is 4. The summed E-state index contributed by atoms with van der Waals surface area (Å²) in [5, 5.41) is 17.7. The van der Waals surface area contributed by atoms with Gasteiger partial charge in [0.25, 0.3) is 5.91 Å². The third-order valence-electron chi connectivity index (χ3n) is 10.9. The van der Waals surface area contributed by atoms with Gasteiger partial charge in [0.1, 0.15) is 28.6 Å². The number of fused-ring (bicyclic) bond motifs is 1. The van der Waals surface area contributed by atoms with E-state index in [9.17, 15) is 24.0 Å². The van der Waals surface area contributed by atoms with Crippen molar-refractivity contribution in [1.29, 1.82) is 0 Å². The summed E-state index contributed by atoms with van der Waals surface area (Å²) in [6, 6.07) is -1.63. The number of rotatable bonds is 14. The number of ether oxygens (including phenoxy) is 1. The standard InChI is InChI=1S/C38H51N9O6S/c1-20-17-40-46(5)28(20)32-42-25-13-14-54-30(25)35(45-32)53-24-16-27(33(49)43-26(15-21-7-6-8-21)29(48)34(50)41-23-11-12-23)47(19-24)36(51)31(38(2,3)4)44-37(52)39-18-22-9-10-22/h13-14,17,21-24,26-27,31H,6-12,15-16,18-19H2,1-5H3,(H,41,50)(H,43,49)(H2,39,44,52)/t24-,26+,27+,31-/m1/s1. The maximum absolute atomic E-state index is 14.6. The van der Waals surface area contributed by atoms with Crippen molar-refractivity contribution in [2.45, 2.75) is 116 Å². The molecular formula is C38H51N9O6S. The molecule has 1 saturated heterocycles. The monoisotopic (exact) mass is 761 g/mol. The Bertz CT molecular complexity index is 1910. The van der Waals surface area contributed by atoms with Gasteiger partial charge in [-0.3, -0.25) is 23.9 Å². The molecular weight excluding hydrogens is 711 g/mol. The lowest BCUT2D eigenvalue weighted by molar-refractivity contribution is -0.144. The molecule has 0 radical (unpaired) electrons. The number of amides is 5. The van der Waals surface area contributed by atoms with Crippen LogP contribution in [0.25, 0.3) is 21.7 Å². The van der Waals surface area contributed by atoms with Gasteiger partial charge in [-0.15, -0.1) is 11.3 Å². The molecule has 5 amide bonds. The number of nitrogens with zero attached hydrogens (tertiary/aromatic N) is 5. The van der Waals surface area contributed by atoms with Crippen LogP contribution >= 0.6 is 11.3 Å². The molecule has 4 aliphatic rings. The lowest BCUT2D eigenvalue weighted by Gasteiger charge is -2.36. The van der Waals surface area contributed by atoms with Crippen molar-refractivity contribution < 1.29 is 28.7 Å². The number of carbonyl (C=O) groups excluding carboxylic acids is 5. The molecule has 4 fully saturated rings. The molecule has 3 saturated carbocycles. The van der Waals surface area contributed by atoms with E-state index in [2.05, 4.69) is 26.4 Å². The molecule has 0 unspecified atom stereocenters. The van der Waals surface area contributed by atoms with E-state index in [1.165, 1.54) is 16.2 Å². The fraction of sp³-hybridized carbons (Fsp3) is 0.632. The highest BCUT2D eigenvalue weighted by molar-refractivity contribution is 7.17. The first-order valence-electron chi connectivity index (χ1n) is 19.2. The minimum absolute atomic E-state index is 0.00964. The number of thiophene rings is 1. The van der Waals surface area contributed by atoms with Gasteiger partial charge in [0.2, 0.25) is 23.5 Å². The van der Waals surface area contributed by atoms with Crippen LogP contribution in [0.1, 0.15) is 84.1 Å². The third kappa shape index (κ3) is 8.53. The van der Waals surface area contributed by atoms with Gasteiger partial charge in [-0.25, -0.2) is 9.78 Å². The largest absolute Gasteiger partial charge is 0.471 e. The molecule has 4 N–H and O–H groups in total. The van der Waals surface area contributed by atoms with Crippen LogP contribution in [0, 0.1) is 24.2 Å². The van der Waals surface area contributed by atoms with E-state index in [1.54, 1.807) is 10.9 Å². The van der Waals surface area contributed by atoms with E-state index in [1.807, 2.05) is 46.2 Å². The highest BCUT2D eigenvalue weighted by Gasteiger charge is 2.47. The normalized spacial score (nSPS) is 21.2. The second kappa shape index (κ2) is 15.3. The molecule has 0 aromatic carbocycles. The van der Waals surface area contributed by atoms with Crippen LogP contribution in [0.4, 0.5) is 4.79 Å². The highest BCUT2D eigenvalue weighted by atomic mass is 32.1. The fourth-order valence-corrected chi connectivity index (χ4v) is 7.94. The Kier molecular flexibility index (Phi) is 10.7. The predicted molar refractivity (Wildman–Crippen MR) is 201 cm³/mol. The summed E-state index contributed by atoms with van der Waals surface area (Å²) < 4.78 is 9.03. The molecule has 4 atom stereocenters. The van der Waals surface area contributed by atoms with E-state index < -0.39 is 59.2 Å². The Morgan fingerprint density at radius 1 is 1.02 bits per heavy atom. The number of carbonyl (C=O) groups is 5. The van der Waals surface area contributed by atoms with Crippen molar-refractivity contribution >= 4 is 51.1 Å². The van der Waals surface area contributed by atoms with Crippen molar-refractivity contribution in [2.24, 2.45) is 24.3 Å². The van der Waals surface area contributed by atoms with Gasteiger partial charge in [-0.1, -0.05) is 40.0 Å². The molecule has 54 heavy (non-hydrogen) atoms. The van der Waals surface area contributed by atoms with E-state index in [4.69, 9.17) is 14.7 Å². The lowest BCUT2D eigenvalue weighted by Crippen LogP contribution is -2.60. The number of urea groups is 1. The number of hydrogen-bond acceptors (Lipinski definition) is 10. The van der Waals surface area contributed by atoms with Gasteiger partial charge in [0, 0.05) is 26.1 Å². The summed E-state index contributed by atoms with van der Waals surface area (Å²) in [6.45, 7) is 8.06. The molecule has 3 aromatic heterocycles. The molecule has 16 heteroatoms. The molecule has 3 aromatic rings. The Labute approximate surface area is 318 Å². The number of Topliss-reactive ketones (excluding diaryl/α,β-unsaturated/α-hetero) is 1. The molecule has 4 heterocycles. The number of aryl methyl sites for hydroxylation is 2. The van der Waals surface area contributed by atoms with Gasteiger partial charge in [-0.2, -0.15) is 10.1 Å². The fourth-order valence-electron chi connectivity index (χ4n) is 7.18. The minimum atomic E-state index is -1.05. The summed E-state index contributed by atoms with van der Waals surface area (Å²) in [7, 11) is 1.82. The zero-order valence-electron chi connectivity index (χ0n) is 31.6. The molecule has 290 valence electrons. The van der Waals surface area contributed by atoms with Crippen molar-refractivity contribution in [3.63, 3.8) is 0 Å². The predicted octanol–water partition coefficient (Wildman–Crippen LogP) is 3.40. The van der Waals surface area contributed by atoms with Gasteiger partial charge < -0.3 is 30.9 Å². The number of ketones is 1. The first kappa shape index (κ1) is 37.7. The van der Waals surface area contributed by atoms with Crippen molar-refractivity contribution in [2.75, 3.05) is 13.1 Å². The summed E-state index contributed by atoms with van der Waals surface area (Å²) in [5.41, 5.74) is 1.60. The highest BCUT2D eigenvalue weighted by Crippen LogP contribution is 2.35. The second-order valence-corrected chi connectivity index (χ2v) is 17.5. The molecule has 0 spiro atoms. The molecule has 15 nitrogen and oxygen atoms in total. The van der Waals surface area contributed by atoms with Gasteiger partial charge in [0.15, 0.2) is 5.82 Å². The Hall–Kier alpha value is -4.60. The SMILES string of the molecule is Cc1cnn(C)c1-c1nc(O[C@@H]2C[C@@H](C(=O)N[C@@H](CC3CCC3)C(=O)C(=O)NC3CC3)N(C(=O)[C@@H](NC(=O)NCC3CC3)C(C)(C)C)C2)c2sccc2n1. The number of aromatic nitrogens is 4. The molecule has 1 aliphatic heterocycles. The maximum Gasteiger partial charge on any atom is 0.315 e. The van der Waals surface area contributed by atoms with Crippen LogP contribution in [0.15, 0.2) is 17.6 Å². The number of likely N-dealkylation sites (tertiary alicyclic amines) is 1. The Balaban J connectivity index is 1.17. The van der Waals surface area contributed by atoms with E-state index in [0.717, 1.165) is 60.9 Å². The van der Waals surface area contributed by atoms with Gasteiger partial charge in [-0.05, 0) is 73.3 Å². The zero-order chi connectivity index (χ0) is 38.3. The van der Waals surface area contributed by atoms with Crippen LogP contribution in [-0.4, -0.2) is 97.5 Å². The van der Waals surface area contributed by atoms with Crippen LogP contribution in [0.5, 0.6) is 5.88 Å². The first-order valence-corrected chi connectivity index (χ1v) is 20.0. The Morgan fingerprint density at radius 3 is 2.41 bits per heavy atom. The quantitative estimate of drug-likeness (QED) is 0.179. The van der Waals surface area contributed by atoms with Gasteiger partial charge >= 0.3 is 6.03 Å².